The summed E-state index contributed by atoms with van der Waals surface area (Å²) in [5.74, 6) is 0.674. The van der Waals surface area contributed by atoms with Crippen molar-refractivity contribution in [1.82, 2.24) is 10.2 Å². The SMILES string of the molecule is CC(c1cc(N)n[nH]1)c1ccccc1Cl.CCC. The van der Waals surface area contributed by atoms with Crippen LogP contribution in [0.2, 0.25) is 5.02 Å². The predicted molar refractivity (Wildman–Crippen MR) is 77.9 cm³/mol. The summed E-state index contributed by atoms with van der Waals surface area (Å²) in [7, 11) is 0. The van der Waals surface area contributed by atoms with Gasteiger partial charge in [0.2, 0.25) is 0 Å². The minimum absolute atomic E-state index is 0.170. The fourth-order valence-corrected chi connectivity index (χ4v) is 1.87. The Kier molecular flexibility index (Phi) is 5.72. The Hall–Kier alpha value is -1.48. The molecule has 0 amide bonds. The number of nitrogen functional groups attached to an aromatic ring is 1. The van der Waals surface area contributed by atoms with Gasteiger partial charge in [-0.3, -0.25) is 5.10 Å². The van der Waals surface area contributed by atoms with Gasteiger partial charge in [-0.15, -0.1) is 0 Å². The lowest BCUT2D eigenvalue weighted by Gasteiger charge is -2.10. The highest BCUT2D eigenvalue weighted by Gasteiger charge is 2.13. The van der Waals surface area contributed by atoms with E-state index in [1.807, 2.05) is 30.3 Å². The van der Waals surface area contributed by atoms with Crippen molar-refractivity contribution < 1.29 is 0 Å². The van der Waals surface area contributed by atoms with Crippen LogP contribution in [0.5, 0.6) is 0 Å². The summed E-state index contributed by atoms with van der Waals surface area (Å²) in [6, 6.07) is 9.60. The van der Waals surface area contributed by atoms with Crippen molar-refractivity contribution >= 4 is 17.4 Å². The monoisotopic (exact) mass is 265 g/mol. The van der Waals surface area contributed by atoms with Crippen LogP contribution in [-0.2, 0) is 0 Å². The topological polar surface area (TPSA) is 54.7 Å². The molecule has 3 nitrogen and oxygen atoms in total. The number of hydrogen-bond acceptors (Lipinski definition) is 2. The van der Waals surface area contributed by atoms with Crippen molar-refractivity contribution in [1.29, 1.82) is 0 Å². The Morgan fingerprint density at radius 3 is 2.44 bits per heavy atom. The molecule has 1 aromatic carbocycles. The van der Waals surface area contributed by atoms with Crippen molar-refractivity contribution in [3.05, 3.63) is 46.6 Å². The van der Waals surface area contributed by atoms with Gasteiger partial charge in [0.25, 0.3) is 0 Å². The van der Waals surface area contributed by atoms with E-state index in [1.165, 1.54) is 6.42 Å². The Labute approximate surface area is 113 Å². The maximum atomic E-state index is 6.11. The maximum Gasteiger partial charge on any atom is 0.145 e. The zero-order valence-electron chi connectivity index (χ0n) is 11.1. The van der Waals surface area contributed by atoms with Crippen molar-refractivity contribution in [3.63, 3.8) is 0 Å². The van der Waals surface area contributed by atoms with Gasteiger partial charge in [0.15, 0.2) is 0 Å². The molecule has 1 atom stereocenters. The molecule has 0 spiro atoms. The molecule has 18 heavy (non-hydrogen) atoms. The first-order valence-corrected chi connectivity index (χ1v) is 6.53. The van der Waals surface area contributed by atoms with Gasteiger partial charge in [0.05, 0.1) is 0 Å². The third kappa shape index (κ3) is 3.77. The lowest BCUT2D eigenvalue weighted by molar-refractivity contribution is 0.855. The first kappa shape index (κ1) is 14.6. The van der Waals surface area contributed by atoms with E-state index in [0.717, 1.165) is 16.3 Å². The van der Waals surface area contributed by atoms with E-state index in [1.54, 1.807) is 0 Å². The summed E-state index contributed by atoms with van der Waals surface area (Å²) in [5, 5.41) is 7.56. The number of benzene rings is 1. The number of nitrogens with zero attached hydrogens (tertiary/aromatic N) is 1. The minimum atomic E-state index is 0.170. The molecule has 0 radical (unpaired) electrons. The first-order valence-electron chi connectivity index (χ1n) is 6.15. The van der Waals surface area contributed by atoms with E-state index in [0.29, 0.717) is 5.82 Å². The number of anilines is 1. The second-order valence-electron chi connectivity index (χ2n) is 4.20. The Balaban J connectivity index is 0.000000492. The molecule has 1 unspecified atom stereocenters. The second-order valence-corrected chi connectivity index (χ2v) is 4.61. The molecule has 3 N–H and O–H groups in total. The molecule has 0 bridgehead atoms. The number of nitrogens with two attached hydrogens (primary N) is 1. The van der Waals surface area contributed by atoms with Crippen LogP contribution < -0.4 is 5.73 Å². The number of H-pyrrole nitrogens is 1. The average molecular weight is 266 g/mol. The number of nitrogens with one attached hydrogen (secondary N) is 1. The zero-order valence-corrected chi connectivity index (χ0v) is 11.8. The fraction of sp³-hybridized carbons (Fsp3) is 0.357. The van der Waals surface area contributed by atoms with Gasteiger partial charge in [-0.1, -0.05) is 57.0 Å². The van der Waals surface area contributed by atoms with Gasteiger partial charge in [0, 0.05) is 22.7 Å². The van der Waals surface area contributed by atoms with Crippen molar-refractivity contribution in [3.8, 4) is 0 Å². The van der Waals surface area contributed by atoms with E-state index in [2.05, 4.69) is 31.0 Å². The summed E-state index contributed by atoms with van der Waals surface area (Å²) < 4.78 is 0. The summed E-state index contributed by atoms with van der Waals surface area (Å²) in [5.41, 5.74) is 7.60. The molecule has 0 saturated heterocycles. The molecule has 1 heterocycles. The van der Waals surface area contributed by atoms with E-state index in [-0.39, 0.29) is 5.92 Å². The van der Waals surface area contributed by atoms with Crippen LogP contribution in [0.25, 0.3) is 0 Å². The number of hydrogen-bond donors (Lipinski definition) is 2. The third-order valence-electron chi connectivity index (χ3n) is 2.46. The summed E-state index contributed by atoms with van der Waals surface area (Å²) >= 11 is 6.11. The highest BCUT2D eigenvalue weighted by atomic mass is 35.5. The lowest BCUT2D eigenvalue weighted by atomic mass is 9.98. The average Bonchev–Trinajstić information content (AvgIpc) is 2.77. The lowest BCUT2D eigenvalue weighted by Crippen LogP contribution is -1.97. The Morgan fingerprint density at radius 2 is 1.94 bits per heavy atom. The Morgan fingerprint density at radius 1 is 1.33 bits per heavy atom. The van der Waals surface area contributed by atoms with Gasteiger partial charge in [-0.25, -0.2) is 0 Å². The van der Waals surface area contributed by atoms with E-state index in [4.69, 9.17) is 17.3 Å². The standard InChI is InChI=1S/C11H12ClN3.C3H8/c1-7(10-6-11(13)15-14-10)8-4-2-3-5-9(8)12;1-3-2/h2-7H,1H3,(H3,13,14,15);3H2,1-2H3. The largest absolute Gasteiger partial charge is 0.382 e. The van der Waals surface area contributed by atoms with E-state index in [9.17, 15) is 0 Å². The number of rotatable bonds is 2. The molecule has 0 saturated carbocycles. The summed E-state index contributed by atoms with van der Waals surface area (Å²) in [6.45, 7) is 6.31. The number of aromatic amines is 1. The predicted octanol–water partition coefficient (Wildman–Crippen LogP) is 4.21. The van der Waals surface area contributed by atoms with Crippen LogP contribution >= 0.6 is 11.6 Å². The molecule has 0 aliphatic heterocycles. The van der Waals surface area contributed by atoms with Crippen LogP contribution in [0.1, 0.15) is 44.4 Å². The van der Waals surface area contributed by atoms with Crippen molar-refractivity contribution in [2.45, 2.75) is 33.1 Å². The number of aromatic nitrogens is 2. The summed E-state index contributed by atoms with van der Waals surface area (Å²) in [4.78, 5) is 0. The van der Waals surface area contributed by atoms with Gasteiger partial charge < -0.3 is 5.73 Å². The van der Waals surface area contributed by atoms with Crippen molar-refractivity contribution in [2.75, 3.05) is 5.73 Å². The van der Waals surface area contributed by atoms with Crippen LogP contribution in [0.4, 0.5) is 5.82 Å². The first-order chi connectivity index (χ1) is 8.60. The minimum Gasteiger partial charge on any atom is -0.382 e. The molecule has 0 aliphatic carbocycles. The Bertz CT molecular complexity index is 479. The highest BCUT2D eigenvalue weighted by molar-refractivity contribution is 6.31. The molecule has 0 aliphatic rings. The van der Waals surface area contributed by atoms with Gasteiger partial charge >= 0.3 is 0 Å². The normalized spacial score (nSPS) is 11.6. The number of halogens is 1. The quantitative estimate of drug-likeness (QED) is 0.854. The van der Waals surface area contributed by atoms with E-state index >= 15 is 0 Å². The van der Waals surface area contributed by atoms with Crippen LogP contribution in [0.3, 0.4) is 0 Å². The molecule has 2 rings (SSSR count). The smallest absolute Gasteiger partial charge is 0.145 e. The van der Waals surface area contributed by atoms with E-state index < -0.39 is 0 Å². The highest BCUT2D eigenvalue weighted by Crippen LogP contribution is 2.28. The van der Waals surface area contributed by atoms with Crippen molar-refractivity contribution in [2.24, 2.45) is 0 Å². The van der Waals surface area contributed by atoms with Gasteiger partial charge in [0.1, 0.15) is 5.82 Å². The zero-order chi connectivity index (χ0) is 13.5. The maximum absolute atomic E-state index is 6.11. The van der Waals surface area contributed by atoms with Gasteiger partial charge in [-0.2, -0.15) is 5.10 Å². The summed E-state index contributed by atoms with van der Waals surface area (Å²) in [6.07, 6.45) is 1.25. The van der Waals surface area contributed by atoms with Gasteiger partial charge in [-0.05, 0) is 11.6 Å². The molecular formula is C14H20ClN3. The van der Waals surface area contributed by atoms with Crippen LogP contribution in [-0.4, -0.2) is 10.2 Å². The molecule has 1 aromatic heterocycles. The third-order valence-corrected chi connectivity index (χ3v) is 2.80. The fourth-order valence-electron chi connectivity index (χ4n) is 1.57. The van der Waals surface area contributed by atoms with Crippen LogP contribution in [0, 0.1) is 0 Å². The second kappa shape index (κ2) is 7.07. The molecule has 0 fully saturated rings. The molecular weight excluding hydrogens is 246 g/mol. The van der Waals surface area contributed by atoms with Crippen LogP contribution in [0.15, 0.2) is 30.3 Å². The molecule has 2 aromatic rings. The molecule has 98 valence electrons. The molecule has 4 heteroatoms.